The highest BCUT2D eigenvalue weighted by atomic mass is 16.5. The average molecular weight is 238 g/mol. The molecule has 0 radical (unpaired) electrons. The lowest BCUT2D eigenvalue weighted by Gasteiger charge is -2.08. The maximum Gasteiger partial charge on any atom is 0.338 e. The van der Waals surface area contributed by atoms with Gasteiger partial charge in [0.15, 0.2) is 0 Å². The molecule has 0 aliphatic rings. The van der Waals surface area contributed by atoms with Crippen LogP contribution in [0.25, 0.3) is 0 Å². The summed E-state index contributed by atoms with van der Waals surface area (Å²) in [5.41, 5.74) is 0.509. The van der Waals surface area contributed by atoms with E-state index in [1.807, 2.05) is 0 Å². The van der Waals surface area contributed by atoms with E-state index in [4.69, 9.17) is 14.6 Å². The van der Waals surface area contributed by atoms with Crippen molar-refractivity contribution in [2.45, 2.75) is 26.4 Å². The molecule has 0 bridgehead atoms. The first kappa shape index (κ1) is 13.5. The number of ether oxygens (including phenoxy) is 2. The van der Waals surface area contributed by atoms with Crippen molar-refractivity contribution in [2.24, 2.45) is 0 Å². The quantitative estimate of drug-likeness (QED) is 0.770. The van der Waals surface area contributed by atoms with Crippen molar-refractivity contribution in [2.75, 3.05) is 13.2 Å². The number of esters is 1. The molecule has 0 amide bonds. The number of carbonyl (C=O) groups is 1. The van der Waals surface area contributed by atoms with E-state index in [-0.39, 0.29) is 12.1 Å². The third kappa shape index (κ3) is 4.87. The van der Waals surface area contributed by atoms with E-state index < -0.39 is 0 Å². The summed E-state index contributed by atoms with van der Waals surface area (Å²) in [5, 5.41) is 9.07. The second-order valence-electron chi connectivity index (χ2n) is 3.73. The molecule has 1 atom stereocenters. The van der Waals surface area contributed by atoms with Gasteiger partial charge >= 0.3 is 5.97 Å². The number of carbonyl (C=O) groups excluding carboxylic acids is 1. The number of benzene rings is 1. The molecule has 0 aliphatic carbocycles. The normalized spacial score (nSPS) is 11.9. The van der Waals surface area contributed by atoms with Gasteiger partial charge in [-0.2, -0.15) is 0 Å². The highest BCUT2D eigenvalue weighted by molar-refractivity contribution is 5.89. The first-order valence-electron chi connectivity index (χ1n) is 5.71. The molecule has 1 unspecified atom stereocenters. The minimum absolute atomic E-state index is 0.331. The largest absolute Gasteiger partial charge is 0.493 e. The fourth-order valence-electron chi connectivity index (χ4n) is 1.25. The molecule has 1 N–H and O–H groups in total. The standard InChI is InChI=1S/C13H18O4/c1-3-16-13(15)11-4-6-12(7-5-11)17-9-8-10(2)14/h4-7,10,14H,3,8-9H2,1-2H3. The zero-order valence-corrected chi connectivity index (χ0v) is 10.2. The van der Waals surface area contributed by atoms with E-state index in [9.17, 15) is 4.79 Å². The van der Waals surface area contributed by atoms with Gasteiger partial charge in [-0.1, -0.05) is 0 Å². The van der Waals surface area contributed by atoms with Gasteiger partial charge in [-0.05, 0) is 38.1 Å². The predicted octanol–water partition coefficient (Wildman–Crippen LogP) is 2.01. The van der Waals surface area contributed by atoms with Crippen molar-refractivity contribution < 1.29 is 19.4 Å². The Kier molecular flexibility index (Phi) is 5.49. The molecule has 17 heavy (non-hydrogen) atoms. The van der Waals surface area contributed by atoms with Gasteiger partial charge < -0.3 is 14.6 Å². The van der Waals surface area contributed by atoms with Gasteiger partial charge in [0.05, 0.1) is 24.9 Å². The summed E-state index contributed by atoms with van der Waals surface area (Å²) in [6.07, 6.45) is 0.216. The van der Waals surface area contributed by atoms with Gasteiger partial charge in [0.2, 0.25) is 0 Å². The van der Waals surface area contributed by atoms with Crippen LogP contribution in [0.4, 0.5) is 0 Å². The molecule has 0 aromatic heterocycles. The van der Waals surface area contributed by atoms with Crippen LogP contribution in [0.5, 0.6) is 5.75 Å². The topological polar surface area (TPSA) is 55.8 Å². The zero-order valence-electron chi connectivity index (χ0n) is 10.2. The Morgan fingerprint density at radius 3 is 2.53 bits per heavy atom. The van der Waals surface area contributed by atoms with E-state index >= 15 is 0 Å². The molecule has 0 saturated carbocycles. The van der Waals surface area contributed by atoms with Crippen molar-refractivity contribution >= 4 is 5.97 Å². The molecule has 0 fully saturated rings. The highest BCUT2D eigenvalue weighted by Gasteiger charge is 2.05. The molecule has 94 valence electrons. The van der Waals surface area contributed by atoms with Gasteiger partial charge in [0, 0.05) is 6.42 Å². The van der Waals surface area contributed by atoms with Crippen molar-refractivity contribution in [1.29, 1.82) is 0 Å². The van der Waals surface area contributed by atoms with E-state index in [0.29, 0.717) is 30.9 Å². The van der Waals surface area contributed by atoms with E-state index in [2.05, 4.69) is 0 Å². The Morgan fingerprint density at radius 1 is 1.35 bits per heavy atom. The average Bonchev–Trinajstić information content (AvgIpc) is 2.30. The van der Waals surface area contributed by atoms with Crippen LogP contribution in [0.1, 0.15) is 30.6 Å². The van der Waals surface area contributed by atoms with Crippen LogP contribution in [-0.2, 0) is 4.74 Å². The van der Waals surface area contributed by atoms with Gasteiger partial charge in [-0.15, -0.1) is 0 Å². The molecule has 0 spiro atoms. The van der Waals surface area contributed by atoms with E-state index in [0.717, 1.165) is 0 Å². The fourth-order valence-corrected chi connectivity index (χ4v) is 1.25. The summed E-state index contributed by atoms with van der Waals surface area (Å²) in [4.78, 5) is 11.4. The van der Waals surface area contributed by atoms with Crippen LogP contribution >= 0.6 is 0 Å². The lowest BCUT2D eigenvalue weighted by atomic mass is 10.2. The summed E-state index contributed by atoms with van der Waals surface area (Å²) in [6.45, 7) is 4.31. The minimum Gasteiger partial charge on any atom is -0.493 e. The Bertz CT molecular complexity index is 343. The SMILES string of the molecule is CCOC(=O)c1ccc(OCCC(C)O)cc1. The van der Waals surface area contributed by atoms with Gasteiger partial charge in [0.1, 0.15) is 5.75 Å². The molecular weight excluding hydrogens is 220 g/mol. The predicted molar refractivity (Wildman–Crippen MR) is 64.2 cm³/mol. The minimum atomic E-state index is -0.367. The van der Waals surface area contributed by atoms with Gasteiger partial charge in [0.25, 0.3) is 0 Å². The maximum atomic E-state index is 11.4. The van der Waals surface area contributed by atoms with E-state index in [1.165, 1.54) is 0 Å². The molecular formula is C13H18O4. The second-order valence-corrected chi connectivity index (χ2v) is 3.73. The third-order valence-electron chi connectivity index (χ3n) is 2.17. The van der Waals surface area contributed by atoms with Gasteiger partial charge in [-0.3, -0.25) is 0 Å². The molecule has 1 aromatic carbocycles. The molecule has 1 aromatic rings. The maximum absolute atomic E-state index is 11.4. The summed E-state index contributed by atoms with van der Waals surface area (Å²) < 4.78 is 10.3. The molecule has 0 aliphatic heterocycles. The van der Waals surface area contributed by atoms with Crippen molar-refractivity contribution in [3.8, 4) is 5.75 Å². The highest BCUT2D eigenvalue weighted by Crippen LogP contribution is 2.13. The van der Waals surface area contributed by atoms with E-state index in [1.54, 1.807) is 38.1 Å². The first-order valence-corrected chi connectivity index (χ1v) is 5.71. The molecule has 1 rings (SSSR count). The van der Waals surface area contributed by atoms with Crippen LogP contribution < -0.4 is 4.74 Å². The second kappa shape index (κ2) is 6.91. The summed E-state index contributed by atoms with van der Waals surface area (Å²) >= 11 is 0. The fraction of sp³-hybridized carbons (Fsp3) is 0.462. The zero-order chi connectivity index (χ0) is 12.7. The van der Waals surface area contributed by atoms with Crippen molar-refractivity contribution in [1.82, 2.24) is 0 Å². The Hall–Kier alpha value is -1.55. The number of aliphatic hydroxyl groups excluding tert-OH is 1. The van der Waals surface area contributed by atoms with Gasteiger partial charge in [-0.25, -0.2) is 4.79 Å². The van der Waals surface area contributed by atoms with Crippen LogP contribution in [0.15, 0.2) is 24.3 Å². The number of aliphatic hydroxyl groups is 1. The molecule has 0 heterocycles. The lowest BCUT2D eigenvalue weighted by molar-refractivity contribution is 0.0526. The van der Waals surface area contributed by atoms with Crippen LogP contribution in [-0.4, -0.2) is 30.4 Å². The monoisotopic (exact) mass is 238 g/mol. The molecule has 4 heteroatoms. The molecule has 0 saturated heterocycles. The van der Waals surface area contributed by atoms with Crippen LogP contribution in [0.3, 0.4) is 0 Å². The summed E-state index contributed by atoms with van der Waals surface area (Å²) in [5.74, 6) is 0.349. The van der Waals surface area contributed by atoms with Crippen molar-refractivity contribution in [3.63, 3.8) is 0 Å². The Balaban J connectivity index is 2.47. The number of hydrogen-bond donors (Lipinski definition) is 1. The first-order chi connectivity index (χ1) is 8.13. The lowest BCUT2D eigenvalue weighted by Crippen LogP contribution is -2.08. The number of hydrogen-bond acceptors (Lipinski definition) is 4. The van der Waals surface area contributed by atoms with Crippen molar-refractivity contribution in [3.05, 3.63) is 29.8 Å². The Morgan fingerprint density at radius 2 is 2.00 bits per heavy atom. The molecule has 4 nitrogen and oxygen atoms in total. The third-order valence-corrected chi connectivity index (χ3v) is 2.17. The summed E-state index contributed by atoms with van der Waals surface area (Å²) in [6, 6.07) is 6.76. The Labute approximate surface area is 101 Å². The van der Waals surface area contributed by atoms with Crippen LogP contribution in [0, 0.1) is 0 Å². The smallest absolute Gasteiger partial charge is 0.338 e. The number of rotatable bonds is 6. The van der Waals surface area contributed by atoms with Crippen LogP contribution in [0.2, 0.25) is 0 Å². The summed E-state index contributed by atoms with van der Waals surface area (Å²) in [7, 11) is 0.